The van der Waals surface area contributed by atoms with E-state index < -0.39 is 0 Å². The highest BCUT2D eigenvalue weighted by atomic mass is 16.5. The predicted molar refractivity (Wildman–Crippen MR) is 82.3 cm³/mol. The highest BCUT2D eigenvalue weighted by molar-refractivity contribution is 5.80. The van der Waals surface area contributed by atoms with Crippen LogP contribution in [0.5, 0.6) is 0 Å². The molecule has 0 heterocycles. The Hall–Kier alpha value is -1.59. The molecular weight excluding hydrogens is 248 g/mol. The predicted octanol–water partition coefficient (Wildman–Crippen LogP) is 3.97. The second kappa shape index (κ2) is 8.55. The summed E-state index contributed by atoms with van der Waals surface area (Å²) in [5.41, 5.74) is 2.13. The van der Waals surface area contributed by atoms with Crippen LogP contribution in [0, 0.1) is 17.8 Å². The minimum atomic E-state index is 0.108. The van der Waals surface area contributed by atoms with E-state index in [-0.39, 0.29) is 17.8 Å². The molecule has 0 saturated heterocycles. The molecule has 20 heavy (non-hydrogen) atoms. The molecule has 0 radical (unpaired) electrons. The number of benzene rings is 1. The summed E-state index contributed by atoms with van der Waals surface area (Å²) in [6.45, 7) is 8.53. The Morgan fingerprint density at radius 2 is 1.80 bits per heavy atom. The fraction of sp³-hybridized carbons (Fsp3) is 0.500. The first-order valence-corrected chi connectivity index (χ1v) is 7.21. The molecule has 0 bridgehead atoms. The van der Waals surface area contributed by atoms with Gasteiger partial charge in [0.05, 0.1) is 12.7 Å². The van der Waals surface area contributed by atoms with E-state index in [1.165, 1.54) is 0 Å². The summed E-state index contributed by atoms with van der Waals surface area (Å²) >= 11 is 0. The molecule has 0 aromatic heterocycles. The van der Waals surface area contributed by atoms with Gasteiger partial charge < -0.3 is 4.74 Å². The third kappa shape index (κ3) is 6.54. The lowest BCUT2D eigenvalue weighted by molar-refractivity contribution is -0.121. The van der Waals surface area contributed by atoms with Gasteiger partial charge in [-0.15, -0.1) is 0 Å². The number of carbonyl (C=O) groups excluding carboxylic acids is 1. The van der Waals surface area contributed by atoms with Crippen LogP contribution in [0.1, 0.15) is 51.7 Å². The molecule has 0 atom stereocenters. The summed E-state index contributed by atoms with van der Waals surface area (Å²) < 4.78 is 5.54. The number of rotatable bonds is 6. The van der Waals surface area contributed by atoms with E-state index in [2.05, 4.69) is 11.8 Å². The topological polar surface area (TPSA) is 26.3 Å². The van der Waals surface area contributed by atoms with Crippen molar-refractivity contribution in [3.8, 4) is 11.8 Å². The van der Waals surface area contributed by atoms with E-state index in [4.69, 9.17) is 4.74 Å². The maximum atomic E-state index is 11.4. The molecule has 1 aromatic rings. The van der Waals surface area contributed by atoms with Crippen LogP contribution >= 0.6 is 0 Å². The first-order chi connectivity index (χ1) is 9.49. The van der Waals surface area contributed by atoms with Gasteiger partial charge in [-0.3, -0.25) is 4.79 Å². The molecule has 2 nitrogen and oxygen atoms in total. The van der Waals surface area contributed by atoms with Gasteiger partial charge in [0.25, 0.3) is 0 Å². The fourth-order valence-corrected chi connectivity index (χ4v) is 1.59. The maximum absolute atomic E-state index is 11.4. The van der Waals surface area contributed by atoms with Gasteiger partial charge in [0, 0.05) is 24.3 Å². The Morgan fingerprint density at radius 1 is 1.15 bits per heavy atom. The molecule has 0 fully saturated rings. The van der Waals surface area contributed by atoms with Crippen LogP contribution in [0.25, 0.3) is 0 Å². The first-order valence-electron chi connectivity index (χ1n) is 7.21. The molecule has 108 valence electrons. The van der Waals surface area contributed by atoms with E-state index in [1.807, 2.05) is 52.0 Å². The van der Waals surface area contributed by atoms with Crippen LogP contribution in [0.15, 0.2) is 24.3 Å². The van der Waals surface area contributed by atoms with Crippen molar-refractivity contribution in [2.24, 2.45) is 5.92 Å². The van der Waals surface area contributed by atoms with Crippen molar-refractivity contribution in [1.82, 2.24) is 0 Å². The standard InChI is InChI=1S/C18H24O2/c1-14(2)18(19)8-6-5-7-16-9-11-17(12-10-16)13-20-15(3)4/h9-12,14-15H,6,8,13H2,1-4H3. The van der Waals surface area contributed by atoms with Gasteiger partial charge in [-0.25, -0.2) is 0 Å². The molecular formula is C18H24O2. The number of ketones is 1. The second-order valence-corrected chi connectivity index (χ2v) is 5.48. The van der Waals surface area contributed by atoms with E-state index >= 15 is 0 Å². The summed E-state index contributed by atoms with van der Waals surface area (Å²) in [7, 11) is 0. The third-order valence-corrected chi connectivity index (χ3v) is 2.91. The molecule has 0 N–H and O–H groups in total. The van der Waals surface area contributed by atoms with E-state index in [1.54, 1.807) is 0 Å². The number of carbonyl (C=O) groups is 1. The zero-order chi connectivity index (χ0) is 15.0. The van der Waals surface area contributed by atoms with Crippen molar-refractivity contribution in [1.29, 1.82) is 0 Å². The van der Waals surface area contributed by atoms with Gasteiger partial charge in [-0.05, 0) is 31.5 Å². The highest BCUT2D eigenvalue weighted by Gasteiger charge is 2.04. The molecule has 1 aromatic carbocycles. The second-order valence-electron chi connectivity index (χ2n) is 5.48. The monoisotopic (exact) mass is 272 g/mol. The maximum Gasteiger partial charge on any atom is 0.136 e. The smallest absolute Gasteiger partial charge is 0.136 e. The van der Waals surface area contributed by atoms with Crippen molar-refractivity contribution < 1.29 is 9.53 Å². The Bertz CT molecular complexity index is 472. The number of hydrogen-bond donors (Lipinski definition) is 0. The minimum absolute atomic E-state index is 0.108. The van der Waals surface area contributed by atoms with Crippen molar-refractivity contribution in [2.45, 2.75) is 53.2 Å². The average molecular weight is 272 g/mol. The lowest BCUT2D eigenvalue weighted by atomic mass is 10.0. The molecule has 0 aliphatic heterocycles. The molecule has 0 spiro atoms. The van der Waals surface area contributed by atoms with Crippen molar-refractivity contribution in [3.05, 3.63) is 35.4 Å². The van der Waals surface area contributed by atoms with Crippen molar-refractivity contribution >= 4 is 5.78 Å². The van der Waals surface area contributed by atoms with Crippen LogP contribution in [0.3, 0.4) is 0 Å². The van der Waals surface area contributed by atoms with Gasteiger partial charge in [-0.1, -0.05) is 37.8 Å². The summed E-state index contributed by atoms with van der Waals surface area (Å²) in [6.07, 6.45) is 1.42. The molecule has 0 aliphatic carbocycles. The summed E-state index contributed by atoms with van der Waals surface area (Å²) in [6, 6.07) is 8.06. The lowest BCUT2D eigenvalue weighted by Gasteiger charge is -2.07. The van der Waals surface area contributed by atoms with Crippen molar-refractivity contribution in [2.75, 3.05) is 0 Å². The van der Waals surface area contributed by atoms with E-state index in [0.717, 1.165) is 11.1 Å². The van der Waals surface area contributed by atoms with Crippen LogP contribution in [0.2, 0.25) is 0 Å². The van der Waals surface area contributed by atoms with Gasteiger partial charge in [0.1, 0.15) is 5.78 Å². The number of hydrogen-bond acceptors (Lipinski definition) is 2. The molecule has 0 unspecified atom stereocenters. The Balaban J connectivity index is 2.44. The van der Waals surface area contributed by atoms with Crippen molar-refractivity contribution in [3.63, 3.8) is 0 Å². The lowest BCUT2D eigenvalue weighted by Crippen LogP contribution is -2.05. The minimum Gasteiger partial charge on any atom is -0.374 e. The SMILES string of the molecule is CC(C)OCc1ccc(C#CCCC(=O)C(C)C)cc1. The molecule has 0 amide bonds. The Kier molecular flexibility index (Phi) is 7.04. The summed E-state index contributed by atoms with van der Waals surface area (Å²) in [5, 5.41) is 0. The first kappa shape index (κ1) is 16.5. The van der Waals surface area contributed by atoms with E-state index in [9.17, 15) is 4.79 Å². The summed E-state index contributed by atoms with van der Waals surface area (Å²) in [5.74, 6) is 6.53. The normalized spacial score (nSPS) is 10.5. The number of ether oxygens (including phenoxy) is 1. The molecule has 0 saturated carbocycles. The van der Waals surface area contributed by atoms with Gasteiger partial charge in [0.15, 0.2) is 0 Å². The van der Waals surface area contributed by atoms with Crippen LogP contribution in [-0.4, -0.2) is 11.9 Å². The van der Waals surface area contributed by atoms with Crippen LogP contribution in [0.4, 0.5) is 0 Å². The number of Topliss-reactive ketones (excluding diaryl/α,β-unsaturated/α-hetero) is 1. The molecule has 1 rings (SSSR count). The molecule has 2 heteroatoms. The van der Waals surface area contributed by atoms with Gasteiger partial charge in [-0.2, -0.15) is 0 Å². The molecule has 0 aliphatic rings. The quantitative estimate of drug-likeness (QED) is 0.732. The Morgan fingerprint density at radius 3 is 2.35 bits per heavy atom. The van der Waals surface area contributed by atoms with Crippen LogP contribution in [-0.2, 0) is 16.1 Å². The van der Waals surface area contributed by atoms with E-state index in [0.29, 0.717) is 19.4 Å². The fourth-order valence-electron chi connectivity index (χ4n) is 1.59. The highest BCUT2D eigenvalue weighted by Crippen LogP contribution is 2.06. The third-order valence-electron chi connectivity index (χ3n) is 2.91. The average Bonchev–Trinajstić information content (AvgIpc) is 2.42. The Labute approximate surface area is 122 Å². The zero-order valence-electron chi connectivity index (χ0n) is 12.9. The zero-order valence-corrected chi connectivity index (χ0v) is 12.9. The summed E-state index contributed by atoms with van der Waals surface area (Å²) in [4.78, 5) is 11.4. The van der Waals surface area contributed by atoms with Crippen LogP contribution < -0.4 is 0 Å². The van der Waals surface area contributed by atoms with Gasteiger partial charge >= 0.3 is 0 Å². The largest absolute Gasteiger partial charge is 0.374 e. The van der Waals surface area contributed by atoms with Gasteiger partial charge in [0.2, 0.25) is 0 Å².